The molecule has 0 radical (unpaired) electrons. The molecule has 3 nitrogen and oxygen atoms in total. The van der Waals surface area contributed by atoms with E-state index >= 15 is 0 Å². The summed E-state index contributed by atoms with van der Waals surface area (Å²) < 4.78 is 11.2. The van der Waals surface area contributed by atoms with Crippen LogP contribution in [0.1, 0.15) is 22.7 Å². The number of ether oxygens (including phenoxy) is 2. The van der Waals surface area contributed by atoms with Crippen molar-refractivity contribution >= 4 is 0 Å². The van der Waals surface area contributed by atoms with Crippen LogP contribution in [0.2, 0.25) is 0 Å². The van der Waals surface area contributed by atoms with Crippen molar-refractivity contribution in [2.75, 3.05) is 27.8 Å². The van der Waals surface area contributed by atoms with Crippen LogP contribution in [0.5, 0.6) is 11.5 Å². The van der Waals surface area contributed by atoms with Gasteiger partial charge in [-0.25, -0.2) is 0 Å². The van der Waals surface area contributed by atoms with Crippen molar-refractivity contribution in [3.63, 3.8) is 0 Å². The summed E-state index contributed by atoms with van der Waals surface area (Å²) in [5.41, 5.74) is 6.84. The van der Waals surface area contributed by atoms with Crippen LogP contribution in [0.4, 0.5) is 0 Å². The lowest BCUT2D eigenvalue weighted by molar-refractivity contribution is 0.228. The normalized spacial score (nSPS) is 19.3. The van der Waals surface area contributed by atoms with Crippen molar-refractivity contribution in [2.24, 2.45) is 0 Å². The Bertz CT molecular complexity index is 738. The molecule has 0 unspecified atom stereocenters. The molecule has 0 saturated carbocycles. The third-order valence-electron chi connectivity index (χ3n) is 5.11. The minimum Gasteiger partial charge on any atom is -0.493 e. The molecule has 22 heavy (non-hydrogen) atoms. The molecule has 3 heteroatoms. The largest absolute Gasteiger partial charge is 0.493 e. The molecule has 0 N–H and O–H groups in total. The van der Waals surface area contributed by atoms with E-state index in [1.807, 2.05) is 6.07 Å². The standard InChI is InChI=1S/C19H21NO2/c1-20-10-9-12-5-4-6-14-17(12)15(20)11-13-7-8-16(21-2)19(22-3)18(13)14/h4-8,15H,9-11H2,1-3H3/t15-/m1/s1. The van der Waals surface area contributed by atoms with Gasteiger partial charge in [0, 0.05) is 18.2 Å². The molecular formula is C19H21NO2. The predicted molar refractivity (Wildman–Crippen MR) is 87.8 cm³/mol. The zero-order valence-corrected chi connectivity index (χ0v) is 13.3. The summed E-state index contributed by atoms with van der Waals surface area (Å²) in [6.07, 6.45) is 2.16. The Labute approximate surface area is 131 Å². The van der Waals surface area contributed by atoms with Crippen LogP contribution in [-0.4, -0.2) is 32.7 Å². The average molecular weight is 295 g/mol. The number of benzene rings is 2. The zero-order valence-electron chi connectivity index (χ0n) is 13.3. The molecule has 114 valence electrons. The van der Waals surface area contributed by atoms with Gasteiger partial charge in [0.1, 0.15) is 0 Å². The van der Waals surface area contributed by atoms with E-state index in [-0.39, 0.29) is 0 Å². The van der Waals surface area contributed by atoms with E-state index < -0.39 is 0 Å². The van der Waals surface area contributed by atoms with Crippen LogP contribution >= 0.6 is 0 Å². The second-order valence-electron chi connectivity index (χ2n) is 6.16. The number of methoxy groups -OCH3 is 2. The highest BCUT2D eigenvalue weighted by Gasteiger charge is 2.34. The first-order chi connectivity index (χ1) is 10.7. The zero-order chi connectivity index (χ0) is 15.3. The Kier molecular flexibility index (Phi) is 3.12. The van der Waals surface area contributed by atoms with Gasteiger partial charge in [-0.2, -0.15) is 0 Å². The van der Waals surface area contributed by atoms with E-state index in [4.69, 9.17) is 9.47 Å². The molecule has 0 fully saturated rings. The lowest BCUT2D eigenvalue weighted by Crippen LogP contribution is -2.35. The van der Waals surface area contributed by atoms with Gasteiger partial charge in [0.25, 0.3) is 0 Å². The van der Waals surface area contributed by atoms with Gasteiger partial charge in [0.05, 0.1) is 14.2 Å². The van der Waals surface area contributed by atoms with Crippen molar-refractivity contribution in [2.45, 2.75) is 18.9 Å². The monoisotopic (exact) mass is 295 g/mol. The van der Waals surface area contributed by atoms with Crippen LogP contribution in [0.25, 0.3) is 11.1 Å². The van der Waals surface area contributed by atoms with Gasteiger partial charge in [-0.15, -0.1) is 0 Å². The molecule has 1 aliphatic carbocycles. The molecule has 4 rings (SSSR count). The Morgan fingerprint density at radius 1 is 1.05 bits per heavy atom. The summed E-state index contributed by atoms with van der Waals surface area (Å²) in [4.78, 5) is 2.48. The molecule has 0 spiro atoms. The molecule has 1 atom stereocenters. The summed E-state index contributed by atoms with van der Waals surface area (Å²) in [5, 5.41) is 0. The topological polar surface area (TPSA) is 21.7 Å². The molecule has 0 amide bonds. The Balaban J connectivity index is 2.02. The summed E-state index contributed by atoms with van der Waals surface area (Å²) >= 11 is 0. The second kappa shape index (κ2) is 5.03. The third kappa shape index (κ3) is 1.78. The fourth-order valence-electron chi connectivity index (χ4n) is 4.01. The maximum absolute atomic E-state index is 5.71. The summed E-state index contributed by atoms with van der Waals surface area (Å²) in [7, 11) is 5.66. The van der Waals surface area contributed by atoms with E-state index in [9.17, 15) is 0 Å². The highest BCUT2D eigenvalue weighted by molar-refractivity contribution is 5.82. The quantitative estimate of drug-likeness (QED) is 0.847. The minimum atomic E-state index is 0.477. The van der Waals surface area contributed by atoms with Gasteiger partial charge >= 0.3 is 0 Å². The number of nitrogens with zero attached hydrogens (tertiary/aromatic N) is 1. The van der Waals surface area contributed by atoms with Crippen molar-refractivity contribution in [3.05, 3.63) is 47.0 Å². The van der Waals surface area contributed by atoms with Gasteiger partial charge in [0.2, 0.25) is 0 Å². The number of rotatable bonds is 2. The molecule has 0 bridgehead atoms. The highest BCUT2D eigenvalue weighted by atomic mass is 16.5. The number of likely N-dealkylation sites (N-methyl/N-ethyl adjacent to an activating group) is 1. The molecule has 2 aliphatic rings. The molecular weight excluding hydrogens is 274 g/mol. The van der Waals surface area contributed by atoms with Gasteiger partial charge in [-0.1, -0.05) is 24.3 Å². The van der Waals surface area contributed by atoms with Crippen LogP contribution in [-0.2, 0) is 12.8 Å². The van der Waals surface area contributed by atoms with E-state index in [1.54, 1.807) is 14.2 Å². The number of fused-ring (bicyclic) bond motifs is 2. The van der Waals surface area contributed by atoms with Gasteiger partial charge in [-0.05, 0) is 48.2 Å². The molecule has 1 aliphatic heterocycles. The van der Waals surface area contributed by atoms with Crippen molar-refractivity contribution in [1.82, 2.24) is 4.90 Å². The van der Waals surface area contributed by atoms with Crippen molar-refractivity contribution in [3.8, 4) is 22.6 Å². The first-order valence-electron chi connectivity index (χ1n) is 7.81. The van der Waals surface area contributed by atoms with Crippen LogP contribution in [0, 0.1) is 0 Å². The van der Waals surface area contributed by atoms with E-state index in [1.165, 1.54) is 27.8 Å². The average Bonchev–Trinajstić information content (AvgIpc) is 2.56. The van der Waals surface area contributed by atoms with Gasteiger partial charge in [-0.3, -0.25) is 4.90 Å². The van der Waals surface area contributed by atoms with E-state index in [0.29, 0.717) is 6.04 Å². The lowest BCUT2D eigenvalue weighted by atomic mass is 9.77. The fraction of sp³-hybridized carbons (Fsp3) is 0.368. The highest BCUT2D eigenvalue weighted by Crippen LogP contribution is 2.50. The molecule has 0 saturated heterocycles. The summed E-state index contributed by atoms with van der Waals surface area (Å²) in [5.74, 6) is 1.67. The number of hydrogen-bond donors (Lipinski definition) is 0. The van der Waals surface area contributed by atoms with Crippen molar-refractivity contribution in [1.29, 1.82) is 0 Å². The maximum Gasteiger partial charge on any atom is 0.168 e. The first-order valence-corrected chi connectivity index (χ1v) is 7.81. The van der Waals surface area contributed by atoms with Crippen LogP contribution in [0.15, 0.2) is 30.3 Å². The molecule has 2 aromatic rings. The Morgan fingerprint density at radius 3 is 2.68 bits per heavy atom. The Hall–Kier alpha value is -2.00. The van der Waals surface area contributed by atoms with Gasteiger partial charge < -0.3 is 9.47 Å². The van der Waals surface area contributed by atoms with E-state index in [2.05, 4.69) is 36.2 Å². The molecule has 1 heterocycles. The van der Waals surface area contributed by atoms with E-state index in [0.717, 1.165) is 30.9 Å². The Morgan fingerprint density at radius 2 is 1.91 bits per heavy atom. The first kappa shape index (κ1) is 13.6. The number of hydrogen-bond acceptors (Lipinski definition) is 3. The van der Waals surface area contributed by atoms with Crippen molar-refractivity contribution < 1.29 is 9.47 Å². The third-order valence-corrected chi connectivity index (χ3v) is 5.11. The smallest absolute Gasteiger partial charge is 0.168 e. The molecule has 0 aromatic heterocycles. The van der Waals surface area contributed by atoms with Crippen LogP contribution < -0.4 is 9.47 Å². The predicted octanol–water partition coefficient (Wildman–Crippen LogP) is 3.46. The summed E-state index contributed by atoms with van der Waals surface area (Å²) in [6, 6.07) is 11.4. The summed E-state index contributed by atoms with van der Waals surface area (Å²) in [6.45, 7) is 1.13. The SMILES string of the molecule is COc1ccc2c(c1OC)-c1cccc3c1[C@@H](C2)N(C)CC3. The molecule has 2 aromatic carbocycles. The minimum absolute atomic E-state index is 0.477. The van der Waals surface area contributed by atoms with Gasteiger partial charge in [0.15, 0.2) is 11.5 Å². The fourth-order valence-corrected chi connectivity index (χ4v) is 4.01. The maximum atomic E-state index is 5.71. The lowest BCUT2D eigenvalue weighted by Gasteiger charge is -2.40. The van der Waals surface area contributed by atoms with Crippen LogP contribution in [0.3, 0.4) is 0 Å². The second-order valence-corrected chi connectivity index (χ2v) is 6.16.